The minimum Gasteiger partial charge on any atom is -0.311 e. The number of hydrogen-bond donors (Lipinski definition) is 2. The van der Waals surface area contributed by atoms with Crippen LogP contribution < -0.4 is 10.0 Å². The van der Waals surface area contributed by atoms with Crippen molar-refractivity contribution >= 4 is 21.6 Å². The third kappa shape index (κ3) is 6.38. The maximum Gasteiger partial charge on any atom is 0.209 e. The van der Waals surface area contributed by atoms with Crippen LogP contribution in [0.25, 0.3) is 0 Å². The summed E-state index contributed by atoms with van der Waals surface area (Å²) in [5.74, 6) is 0. The molecule has 2 N–H and O–H groups in total. The van der Waals surface area contributed by atoms with Gasteiger partial charge >= 0.3 is 0 Å². The predicted octanol–water partition coefficient (Wildman–Crippen LogP) is 2.07. The molecule has 0 aromatic heterocycles. The molecule has 0 amide bonds. The Bertz CT molecular complexity index is 542. The number of hydrogen-bond acceptors (Lipinski definition) is 3. The van der Waals surface area contributed by atoms with Crippen molar-refractivity contribution in [3.63, 3.8) is 0 Å². The molecule has 0 atom stereocenters. The van der Waals surface area contributed by atoms with Gasteiger partial charge in [0.15, 0.2) is 0 Å². The molecule has 1 rings (SSSR count). The van der Waals surface area contributed by atoms with Crippen molar-refractivity contribution in [2.24, 2.45) is 0 Å². The average Bonchev–Trinajstić information content (AvgIpc) is 2.17. The van der Waals surface area contributed by atoms with Crippen LogP contribution in [0.4, 0.5) is 0 Å². The van der Waals surface area contributed by atoms with Crippen molar-refractivity contribution in [2.45, 2.75) is 32.9 Å². The lowest BCUT2D eigenvalue weighted by molar-refractivity contribution is 0.421. The standard InChI is InChI=1S/C13H21ClN2O2S/c1-10-7-12(14)6-5-11(10)8-15-9-13(2,3)16-19(4,17)18/h5-7,15-16H,8-9H2,1-4H3. The van der Waals surface area contributed by atoms with Crippen molar-refractivity contribution < 1.29 is 8.42 Å². The molecule has 6 heteroatoms. The SMILES string of the molecule is Cc1cc(Cl)ccc1CNCC(C)(C)NS(C)(=O)=O. The van der Waals surface area contributed by atoms with Gasteiger partial charge in [0.05, 0.1) is 6.26 Å². The van der Waals surface area contributed by atoms with Crippen molar-refractivity contribution in [3.8, 4) is 0 Å². The number of rotatable bonds is 6. The zero-order chi connectivity index (χ0) is 14.7. The zero-order valence-corrected chi connectivity index (χ0v) is 13.3. The molecular weight excluding hydrogens is 284 g/mol. The average molecular weight is 305 g/mol. The molecular formula is C13H21ClN2O2S. The van der Waals surface area contributed by atoms with Crippen molar-refractivity contribution in [1.29, 1.82) is 0 Å². The predicted molar refractivity (Wildman–Crippen MR) is 80.0 cm³/mol. The van der Waals surface area contributed by atoms with Crippen LogP contribution in [0.1, 0.15) is 25.0 Å². The highest BCUT2D eigenvalue weighted by Gasteiger charge is 2.21. The van der Waals surface area contributed by atoms with Gasteiger partial charge in [-0.15, -0.1) is 0 Å². The van der Waals surface area contributed by atoms with Crippen molar-refractivity contribution in [2.75, 3.05) is 12.8 Å². The fraction of sp³-hybridized carbons (Fsp3) is 0.538. The number of halogens is 1. The Morgan fingerprint density at radius 1 is 1.32 bits per heavy atom. The van der Waals surface area contributed by atoms with Crippen LogP contribution in [0.15, 0.2) is 18.2 Å². The van der Waals surface area contributed by atoms with Crippen LogP contribution in [0.2, 0.25) is 5.02 Å². The molecule has 108 valence electrons. The number of aryl methyl sites for hydroxylation is 1. The first-order chi connectivity index (χ1) is 8.59. The van der Waals surface area contributed by atoms with E-state index in [1.54, 1.807) is 0 Å². The van der Waals surface area contributed by atoms with E-state index in [1.165, 1.54) is 0 Å². The molecule has 0 aliphatic carbocycles. The number of benzene rings is 1. The fourth-order valence-corrected chi connectivity index (χ4v) is 3.21. The van der Waals surface area contributed by atoms with E-state index < -0.39 is 15.6 Å². The Morgan fingerprint density at radius 2 is 1.95 bits per heavy atom. The summed E-state index contributed by atoms with van der Waals surface area (Å²) in [6.07, 6.45) is 1.16. The number of sulfonamides is 1. The summed E-state index contributed by atoms with van der Waals surface area (Å²) in [5, 5.41) is 3.98. The molecule has 0 aliphatic rings. The second-order valence-corrected chi connectivity index (χ2v) is 7.62. The maximum atomic E-state index is 11.2. The molecule has 0 saturated heterocycles. The van der Waals surface area contributed by atoms with Crippen LogP contribution in [-0.4, -0.2) is 26.8 Å². The van der Waals surface area contributed by atoms with E-state index in [1.807, 2.05) is 39.0 Å². The second-order valence-electron chi connectivity index (χ2n) is 5.43. The second kappa shape index (κ2) is 6.22. The van der Waals surface area contributed by atoms with Crippen LogP contribution in [-0.2, 0) is 16.6 Å². The Labute approximate surface area is 120 Å². The molecule has 0 aliphatic heterocycles. The van der Waals surface area contributed by atoms with Crippen molar-refractivity contribution in [3.05, 3.63) is 34.3 Å². The van der Waals surface area contributed by atoms with E-state index in [9.17, 15) is 8.42 Å². The third-order valence-electron chi connectivity index (χ3n) is 2.65. The minimum atomic E-state index is -3.20. The van der Waals surface area contributed by atoms with Crippen LogP contribution in [0.3, 0.4) is 0 Å². The first-order valence-corrected chi connectivity index (χ1v) is 8.31. The maximum absolute atomic E-state index is 11.2. The molecule has 0 saturated carbocycles. The Kier molecular flexibility index (Phi) is 5.38. The molecule has 0 spiro atoms. The van der Waals surface area contributed by atoms with Gasteiger partial charge in [0.25, 0.3) is 0 Å². The smallest absolute Gasteiger partial charge is 0.209 e. The largest absolute Gasteiger partial charge is 0.311 e. The Morgan fingerprint density at radius 3 is 2.47 bits per heavy atom. The highest BCUT2D eigenvalue weighted by atomic mass is 35.5. The quantitative estimate of drug-likeness (QED) is 0.846. The summed E-state index contributed by atoms with van der Waals surface area (Å²) in [6, 6.07) is 5.74. The van der Waals surface area contributed by atoms with E-state index in [-0.39, 0.29) is 0 Å². The lowest BCUT2D eigenvalue weighted by atomic mass is 10.1. The van der Waals surface area contributed by atoms with E-state index in [2.05, 4.69) is 10.0 Å². The van der Waals surface area contributed by atoms with Gasteiger partial charge in [0.2, 0.25) is 10.0 Å². The van der Waals surface area contributed by atoms with Gasteiger partial charge in [-0.1, -0.05) is 17.7 Å². The highest BCUT2D eigenvalue weighted by molar-refractivity contribution is 7.88. The van der Waals surface area contributed by atoms with Crippen molar-refractivity contribution in [1.82, 2.24) is 10.0 Å². The van der Waals surface area contributed by atoms with Crippen LogP contribution in [0, 0.1) is 6.92 Å². The highest BCUT2D eigenvalue weighted by Crippen LogP contribution is 2.15. The summed E-state index contributed by atoms with van der Waals surface area (Å²) >= 11 is 5.90. The van der Waals surface area contributed by atoms with Gasteiger partial charge in [-0.05, 0) is 44.0 Å². The van der Waals surface area contributed by atoms with Gasteiger partial charge in [-0.3, -0.25) is 0 Å². The monoisotopic (exact) mass is 304 g/mol. The lowest BCUT2D eigenvalue weighted by Gasteiger charge is -2.25. The first-order valence-electron chi connectivity index (χ1n) is 6.04. The van der Waals surface area contributed by atoms with Gasteiger partial charge in [-0.25, -0.2) is 13.1 Å². The molecule has 0 bridgehead atoms. The summed E-state index contributed by atoms with van der Waals surface area (Å²) in [5.41, 5.74) is 1.75. The van der Waals surface area contributed by atoms with Gasteiger partial charge in [0, 0.05) is 23.7 Å². The molecule has 1 aromatic rings. The first kappa shape index (κ1) is 16.4. The topological polar surface area (TPSA) is 58.2 Å². The summed E-state index contributed by atoms with van der Waals surface area (Å²) in [4.78, 5) is 0. The van der Waals surface area contributed by atoms with E-state index in [0.717, 1.165) is 22.4 Å². The molecule has 0 unspecified atom stereocenters. The fourth-order valence-electron chi connectivity index (χ4n) is 1.91. The molecule has 0 fully saturated rings. The van der Waals surface area contributed by atoms with Gasteiger partial charge < -0.3 is 5.32 Å². The molecule has 19 heavy (non-hydrogen) atoms. The summed E-state index contributed by atoms with van der Waals surface area (Å²) < 4.78 is 25.0. The number of nitrogens with one attached hydrogen (secondary N) is 2. The van der Waals surface area contributed by atoms with E-state index in [4.69, 9.17) is 11.6 Å². The third-order valence-corrected chi connectivity index (χ3v) is 3.81. The van der Waals surface area contributed by atoms with Gasteiger partial charge in [-0.2, -0.15) is 0 Å². The molecule has 1 aromatic carbocycles. The molecule has 0 heterocycles. The minimum absolute atomic E-state index is 0.520. The summed E-state index contributed by atoms with van der Waals surface area (Å²) in [7, 11) is -3.20. The zero-order valence-electron chi connectivity index (χ0n) is 11.7. The summed E-state index contributed by atoms with van der Waals surface area (Å²) in [6.45, 7) is 6.91. The normalized spacial score (nSPS) is 12.7. The lowest BCUT2D eigenvalue weighted by Crippen LogP contribution is -2.49. The van der Waals surface area contributed by atoms with E-state index in [0.29, 0.717) is 13.1 Å². The Balaban J connectivity index is 2.54. The van der Waals surface area contributed by atoms with E-state index >= 15 is 0 Å². The van der Waals surface area contributed by atoms with Crippen LogP contribution in [0.5, 0.6) is 0 Å². The molecule has 0 radical (unpaired) electrons. The van der Waals surface area contributed by atoms with Gasteiger partial charge in [0.1, 0.15) is 0 Å². The molecule has 4 nitrogen and oxygen atoms in total. The Hall–Kier alpha value is -0.620. The van der Waals surface area contributed by atoms with Crippen LogP contribution >= 0.6 is 11.6 Å².